The molecule has 0 unspecified atom stereocenters. The molecule has 0 saturated carbocycles. The van der Waals surface area contributed by atoms with E-state index in [1.807, 2.05) is 6.92 Å². The summed E-state index contributed by atoms with van der Waals surface area (Å²) in [6, 6.07) is 6.98. The summed E-state index contributed by atoms with van der Waals surface area (Å²) in [4.78, 5) is 24.2. The van der Waals surface area contributed by atoms with Crippen molar-refractivity contribution in [2.45, 2.75) is 6.92 Å². The molecule has 2 amide bonds. The number of carbonyl (C=O) groups excluding carboxylic acids is 2. The first-order valence-corrected chi connectivity index (χ1v) is 7.79. The molecular formula is C13H18N2O4S. The predicted molar refractivity (Wildman–Crippen MR) is 77.2 cm³/mol. The molecule has 0 fully saturated rings. The van der Waals surface area contributed by atoms with E-state index in [1.54, 1.807) is 24.3 Å². The summed E-state index contributed by atoms with van der Waals surface area (Å²) in [6.45, 7) is 1.91. The van der Waals surface area contributed by atoms with E-state index in [4.69, 9.17) is 0 Å². The first-order chi connectivity index (χ1) is 9.19. The monoisotopic (exact) mass is 298 g/mol. The van der Waals surface area contributed by atoms with Gasteiger partial charge in [-0.05, 0) is 19.1 Å². The van der Waals surface area contributed by atoms with Crippen LogP contribution in [0.4, 0.5) is 5.69 Å². The summed E-state index contributed by atoms with van der Waals surface area (Å²) in [5.41, 5.74) is 1.56. The minimum Gasteiger partial charge on any atom is -0.348 e. The molecule has 1 aromatic carbocycles. The molecule has 0 aliphatic carbocycles. The third-order valence-electron chi connectivity index (χ3n) is 2.53. The van der Waals surface area contributed by atoms with Gasteiger partial charge in [0.05, 0.1) is 0 Å². The van der Waals surface area contributed by atoms with Crippen LogP contribution in [0.5, 0.6) is 0 Å². The molecule has 0 spiro atoms. The number of carbonyl (C=O) groups is 2. The molecule has 0 bridgehead atoms. The van der Waals surface area contributed by atoms with Gasteiger partial charge >= 0.3 is 0 Å². The SMILES string of the molecule is Cc1ccc(NC(=O)CS(=O)(=O)CC(=O)N(C)C)cc1. The minimum atomic E-state index is -3.76. The number of hydrogen-bond acceptors (Lipinski definition) is 4. The van der Waals surface area contributed by atoms with E-state index in [-0.39, 0.29) is 0 Å². The van der Waals surface area contributed by atoms with Crippen molar-refractivity contribution in [3.63, 3.8) is 0 Å². The zero-order valence-electron chi connectivity index (χ0n) is 11.7. The van der Waals surface area contributed by atoms with E-state index >= 15 is 0 Å². The van der Waals surface area contributed by atoms with E-state index < -0.39 is 33.2 Å². The summed E-state index contributed by atoms with van der Waals surface area (Å²) >= 11 is 0. The van der Waals surface area contributed by atoms with Crippen LogP contribution >= 0.6 is 0 Å². The van der Waals surface area contributed by atoms with Gasteiger partial charge in [-0.1, -0.05) is 17.7 Å². The molecule has 0 atom stereocenters. The Labute approximate surface area is 118 Å². The number of nitrogens with zero attached hydrogens (tertiary/aromatic N) is 1. The number of amides is 2. The van der Waals surface area contributed by atoms with Gasteiger partial charge in [-0.3, -0.25) is 9.59 Å². The average molecular weight is 298 g/mol. The van der Waals surface area contributed by atoms with Gasteiger partial charge in [0, 0.05) is 19.8 Å². The number of nitrogens with one attached hydrogen (secondary N) is 1. The number of hydrogen-bond donors (Lipinski definition) is 1. The fraction of sp³-hybridized carbons (Fsp3) is 0.385. The number of rotatable bonds is 5. The van der Waals surface area contributed by atoms with Crippen LogP contribution in [-0.4, -0.2) is 50.7 Å². The molecule has 110 valence electrons. The molecule has 1 N–H and O–H groups in total. The predicted octanol–water partition coefficient (Wildman–Crippen LogP) is 0.437. The van der Waals surface area contributed by atoms with E-state index in [9.17, 15) is 18.0 Å². The van der Waals surface area contributed by atoms with Crippen molar-refractivity contribution in [3.05, 3.63) is 29.8 Å². The fourth-order valence-corrected chi connectivity index (χ4v) is 2.61. The van der Waals surface area contributed by atoms with Crippen molar-refractivity contribution >= 4 is 27.3 Å². The van der Waals surface area contributed by atoms with Crippen LogP contribution in [0.3, 0.4) is 0 Å². The Bertz CT molecular complexity index is 591. The Hall–Kier alpha value is -1.89. The van der Waals surface area contributed by atoms with Crippen molar-refractivity contribution in [2.75, 3.05) is 30.9 Å². The smallest absolute Gasteiger partial charge is 0.239 e. The number of sulfone groups is 1. The lowest BCUT2D eigenvalue weighted by molar-refractivity contribution is -0.125. The number of benzene rings is 1. The maximum atomic E-state index is 11.7. The van der Waals surface area contributed by atoms with Gasteiger partial charge in [-0.2, -0.15) is 0 Å². The lowest BCUT2D eigenvalue weighted by atomic mass is 10.2. The van der Waals surface area contributed by atoms with Crippen molar-refractivity contribution in [2.24, 2.45) is 0 Å². The van der Waals surface area contributed by atoms with Gasteiger partial charge in [-0.25, -0.2) is 8.42 Å². The van der Waals surface area contributed by atoms with Crippen LogP contribution in [0.25, 0.3) is 0 Å². The maximum absolute atomic E-state index is 11.7. The first kappa shape index (κ1) is 16.2. The molecule has 1 aromatic rings. The van der Waals surface area contributed by atoms with Crippen LogP contribution in [-0.2, 0) is 19.4 Å². The van der Waals surface area contributed by atoms with Gasteiger partial charge in [-0.15, -0.1) is 0 Å². The Morgan fingerprint density at radius 3 is 2.15 bits per heavy atom. The highest BCUT2D eigenvalue weighted by atomic mass is 32.2. The molecule has 20 heavy (non-hydrogen) atoms. The van der Waals surface area contributed by atoms with Crippen LogP contribution in [0.2, 0.25) is 0 Å². The summed E-state index contributed by atoms with van der Waals surface area (Å²) in [6.07, 6.45) is 0. The van der Waals surface area contributed by atoms with E-state index in [0.29, 0.717) is 5.69 Å². The van der Waals surface area contributed by atoms with Crippen molar-refractivity contribution in [3.8, 4) is 0 Å². The molecule has 6 nitrogen and oxygen atoms in total. The Kier molecular flexibility index (Phi) is 5.26. The number of aryl methyl sites for hydroxylation is 1. The van der Waals surface area contributed by atoms with Gasteiger partial charge in [0.1, 0.15) is 11.5 Å². The third-order valence-corrected chi connectivity index (χ3v) is 3.92. The molecule has 0 heterocycles. The highest BCUT2D eigenvalue weighted by Gasteiger charge is 2.21. The van der Waals surface area contributed by atoms with Crippen LogP contribution in [0.15, 0.2) is 24.3 Å². The van der Waals surface area contributed by atoms with Crippen molar-refractivity contribution in [1.82, 2.24) is 4.90 Å². The topological polar surface area (TPSA) is 83.5 Å². The first-order valence-electron chi connectivity index (χ1n) is 5.97. The van der Waals surface area contributed by atoms with Crippen LogP contribution in [0.1, 0.15) is 5.56 Å². The summed E-state index contributed by atoms with van der Waals surface area (Å²) < 4.78 is 23.4. The number of anilines is 1. The molecule has 0 radical (unpaired) electrons. The zero-order valence-corrected chi connectivity index (χ0v) is 12.5. The molecule has 0 saturated heterocycles. The van der Waals surface area contributed by atoms with E-state index in [0.717, 1.165) is 5.56 Å². The Morgan fingerprint density at radius 2 is 1.65 bits per heavy atom. The molecule has 0 aliphatic rings. The Morgan fingerprint density at radius 1 is 1.10 bits per heavy atom. The lowest BCUT2D eigenvalue weighted by Gasteiger charge is -2.10. The molecular weight excluding hydrogens is 280 g/mol. The van der Waals surface area contributed by atoms with Gasteiger partial charge < -0.3 is 10.2 Å². The second kappa shape index (κ2) is 6.51. The van der Waals surface area contributed by atoms with Crippen LogP contribution < -0.4 is 5.32 Å². The quantitative estimate of drug-likeness (QED) is 0.855. The summed E-state index contributed by atoms with van der Waals surface area (Å²) in [5, 5.41) is 2.48. The van der Waals surface area contributed by atoms with Crippen LogP contribution in [0, 0.1) is 6.92 Å². The van der Waals surface area contributed by atoms with Gasteiger partial charge in [0.2, 0.25) is 11.8 Å². The lowest BCUT2D eigenvalue weighted by Crippen LogP contribution is -2.33. The highest BCUT2D eigenvalue weighted by molar-refractivity contribution is 7.92. The molecule has 0 aromatic heterocycles. The normalized spacial score (nSPS) is 10.9. The van der Waals surface area contributed by atoms with Gasteiger partial charge in [0.15, 0.2) is 9.84 Å². The van der Waals surface area contributed by atoms with E-state index in [2.05, 4.69) is 5.32 Å². The zero-order chi connectivity index (χ0) is 15.3. The molecule has 7 heteroatoms. The largest absolute Gasteiger partial charge is 0.348 e. The van der Waals surface area contributed by atoms with E-state index in [1.165, 1.54) is 19.0 Å². The summed E-state index contributed by atoms with van der Waals surface area (Å²) in [5.74, 6) is -2.57. The Balaban J connectivity index is 2.61. The second-order valence-electron chi connectivity index (χ2n) is 4.73. The molecule has 0 aliphatic heterocycles. The van der Waals surface area contributed by atoms with Crippen molar-refractivity contribution < 1.29 is 18.0 Å². The van der Waals surface area contributed by atoms with Crippen molar-refractivity contribution in [1.29, 1.82) is 0 Å². The summed E-state index contributed by atoms with van der Waals surface area (Å²) in [7, 11) is -0.832. The minimum absolute atomic E-state index is 0.523. The second-order valence-corrected chi connectivity index (χ2v) is 6.80. The molecule has 1 rings (SSSR count). The fourth-order valence-electron chi connectivity index (χ4n) is 1.40. The highest BCUT2D eigenvalue weighted by Crippen LogP contribution is 2.08. The van der Waals surface area contributed by atoms with Gasteiger partial charge in [0.25, 0.3) is 0 Å². The average Bonchev–Trinajstić information content (AvgIpc) is 2.30. The maximum Gasteiger partial charge on any atom is 0.239 e. The third kappa shape index (κ3) is 5.40. The standard InChI is InChI=1S/C13H18N2O4S/c1-10-4-6-11(7-5-10)14-12(16)8-20(18,19)9-13(17)15(2)3/h4-7H,8-9H2,1-3H3,(H,14,16).